The van der Waals surface area contributed by atoms with Crippen LogP contribution < -0.4 is 26.4 Å². The predicted octanol–water partition coefficient (Wildman–Crippen LogP) is 8.64. The van der Waals surface area contributed by atoms with Crippen molar-refractivity contribution in [2.24, 2.45) is 5.92 Å². The van der Waals surface area contributed by atoms with Crippen LogP contribution in [-0.2, 0) is 6.42 Å². The summed E-state index contributed by atoms with van der Waals surface area (Å²) in [6.07, 6.45) is 11.7. The smallest absolute Gasteiger partial charge is 0.145 e. The Morgan fingerprint density at radius 2 is 1.61 bits per heavy atom. The fourth-order valence-electron chi connectivity index (χ4n) is 5.32. The van der Waals surface area contributed by atoms with E-state index in [1.165, 1.54) is 48.2 Å². The highest BCUT2D eigenvalue weighted by atomic mass is 15.4. The molecule has 0 saturated heterocycles. The molecule has 2 aliphatic heterocycles. The van der Waals surface area contributed by atoms with Crippen LogP contribution in [0.3, 0.4) is 0 Å². The lowest BCUT2D eigenvalue weighted by Gasteiger charge is -2.26. The summed E-state index contributed by atoms with van der Waals surface area (Å²) in [5.74, 6) is 2.93. The van der Waals surface area contributed by atoms with Crippen LogP contribution in [0.1, 0.15) is 97.7 Å². The van der Waals surface area contributed by atoms with Crippen LogP contribution in [0, 0.1) is 5.92 Å². The molecule has 0 bridgehead atoms. The highest BCUT2D eigenvalue weighted by molar-refractivity contribution is 5.76. The Kier molecular flexibility index (Phi) is 13.2. The normalized spacial score (nSPS) is 15.9. The number of hydrogen-bond donors (Lipinski definition) is 4. The SMILES string of the molecule is CC.CC.CCCN(CCC)c1ccc(-c2cnc3c(c2)C(C)NN3)cn1.c1cc(CC2CCC2)c2c(c1)NCN2. The van der Waals surface area contributed by atoms with Crippen molar-refractivity contribution in [1.82, 2.24) is 15.4 Å². The van der Waals surface area contributed by atoms with E-state index in [-0.39, 0.29) is 6.04 Å². The van der Waals surface area contributed by atoms with E-state index in [2.05, 4.69) is 93.5 Å². The van der Waals surface area contributed by atoms with Gasteiger partial charge in [-0.3, -0.25) is 0 Å². The maximum Gasteiger partial charge on any atom is 0.145 e. The van der Waals surface area contributed by atoms with E-state index in [9.17, 15) is 0 Å². The van der Waals surface area contributed by atoms with Crippen LogP contribution in [0.4, 0.5) is 23.0 Å². The van der Waals surface area contributed by atoms with Crippen molar-refractivity contribution >= 4 is 23.0 Å². The van der Waals surface area contributed by atoms with Crippen LogP contribution >= 0.6 is 0 Å². The molecule has 4 heterocycles. The lowest BCUT2D eigenvalue weighted by molar-refractivity contribution is 0.315. The van der Waals surface area contributed by atoms with Crippen molar-refractivity contribution in [3.05, 3.63) is 59.9 Å². The molecule has 0 radical (unpaired) electrons. The minimum Gasteiger partial charge on any atom is -0.366 e. The zero-order valence-electron chi connectivity index (χ0n) is 26.5. The van der Waals surface area contributed by atoms with Crippen molar-refractivity contribution in [2.45, 2.75) is 93.0 Å². The summed E-state index contributed by atoms with van der Waals surface area (Å²) in [5.41, 5.74) is 13.8. The third-order valence-corrected chi connectivity index (χ3v) is 7.61. The van der Waals surface area contributed by atoms with Gasteiger partial charge in [0.1, 0.15) is 11.6 Å². The topological polar surface area (TPSA) is 77.1 Å². The number of anilines is 4. The summed E-state index contributed by atoms with van der Waals surface area (Å²) >= 11 is 0. The number of aromatic nitrogens is 2. The van der Waals surface area contributed by atoms with Gasteiger partial charge in [0.25, 0.3) is 0 Å². The molecule has 0 amide bonds. The third-order valence-electron chi connectivity index (χ3n) is 7.61. The Morgan fingerprint density at radius 3 is 2.24 bits per heavy atom. The zero-order chi connectivity index (χ0) is 29.6. The summed E-state index contributed by atoms with van der Waals surface area (Å²) < 4.78 is 0. The van der Waals surface area contributed by atoms with Crippen molar-refractivity contribution in [1.29, 1.82) is 0 Å². The first-order valence-electron chi connectivity index (χ1n) is 16.0. The van der Waals surface area contributed by atoms with Gasteiger partial charge in [-0.05, 0) is 61.9 Å². The van der Waals surface area contributed by atoms with Crippen LogP contribution in [0.2, 0.25) is 0 Å². The Labute approximate surface area is 248 Å². The minimum atomic E-state index is 0.272. The fraction of sp³-hybridized carbons (Fsp3) is 0.529. The van der Waals surface area contributed by atoms with E-state index in [0.717, 1.165) is 61.3 Å². The van der Waals surface area contributed by atoms with Crippen LogP contribution in [-0.4, -0.2) is 29.7 Å². The maximum atomic E-state index is 4.67. The molecule has 1 fully saturated rings. The number of nitrogens with zero attached hydrogens (tertiary/aromatic N) is 3. The molecule has 1 aromatic carbocycles. The van der Waals surface area contributed by atoms with Crippen molar-refractivity contribution in [3.63, 3.8) is 0 Å². The molecule has 0 spiro atoms. The highest BCUT2D eigenvalue weighted by Gasteiger charge is 2.21. The molecule has 3 aliphatic rings. The lowest BCUT2D eigenvalue weighted by Crippen LogP contribution is -2.25. The second-order valence-electron chi connectivity index (χ2n) is 10.4. The Balaban J connectivity index is 0.000000219. The van der Waals surface area contributed by atoms with Gasteiger partial charge in [0.2, 0.25) is 0 Å². The van der Waals surface area contributed by atoms with E-state index in [0.29, 0.717) is 0 Å². The number of benzene rings is 1. The molecule has 1 aliphatic carbocycles. The predicted molar refractivity (Wildman–Crippen MR) is 178 cm³/mol. The van der Waals surface area contributed by atoms with Gasteiger partial charge in [0, 0.05) is 42.2 Å². The van der Waals surface area contributed by atoms with Gasteiger partial charge in [-0.1, -0.05) is 72.9 Å². The number of rotatable bonds is 8. The molecule has 224 valence electrons. The van der Waals surface area contributed by atoms with Crippen LogP contribution in [0.5, 0.6) is 0 Å². The van der Waals surface area contributed by atoms with Gasteiger partial charge in [0.05, 0.1) is 24.1 Å². The van der Waals surface area contributed by atoms with E-state index in [1.807, 2.05) is 40.1 Å². The van der Waals surface area contributed by atoms with Gasteiger partial charge in [0.15, 0.2) is 0 Å². The first kappa shape index (κ1) is 32.2. The average Bonchev–Trinajstić information content (AvgIpc) is 3.64. The second kappa shape index (κ2) is 16.8. The van der Waals surface area contributed by atoms with Crippen LogP contribution in [0.25, 0.3) is 11.1 Å². The molecular weight excluding hydrogens is 506 g/mol. The third kappa shape index (κ3) is 8.35. The summed E-state index contributed by atoms with van der Waals surface area (Å²) in [5, 5.41) is 6.75. The Morgan fingerprint density at radius 1 is 0.878 bits per heavy atom. The highest BCUT2D eigenvalue weighted by Crippen LogP contribution is 2.36. The summed E-state index contributed by atoms with van der Waals surface area (Å²) in [4.78, 5) is 11.5. The number of para-hydroxylation sites is 1. The molecule has 4 N–H and O–H groups in total. The molecule has 41 heavy (non-hydrogen) atoms. The first-order valence-corrected chi connectivity index (χ1v) is 16.0. The van der Waals surface area contributed by atoms with Gasteiger partial charge in [-0.15, -0.1) is 0 Å². The second-order valence-corrected chi connectivity index (χ2v) is 10.4. The first-order chi connectivity index (χ1) is 20.2. The lowest BCUT2D eigenvalue weighted by atomic mass is 9.80. The average molecular weight is 560 g/mol. The summed E-state index contributed by atoms with van der Waals surface area (Å²) in [6, 6.07) is 13.3. The fourth-order valence-corrected chi connectivity index (χ4v) is 5.32. The Bertz CT molecular complexity index is 1170. The van der Waals surface area contributed by atoms with Crippen molar-refractivity contribution in [3.8, 4) is 11.1 Å². The maximum absolute atomic E-state index is 4.67. The summed E-state index contributed by atoms with van der Waals surface area (Å²) in [7, 11) is 0. The molecule has 3 aromatic rings. The van der Waals surface area contributed by atoms with E-state index >= 15 is 0 Å². The van der Waals surface area contributed by atoms with Crippen molar-refractivity contribution in [2.75, 3.05) is 40.7 Å². The molecule has 2 aromatic heterocycles. The van der Waals surface area contributed by atoms with Gasteiger partial charge in [-0.25, -0.2) is 15.4 Å². The number of fused-ring (bicyclic) bond motifs is 2. The molecular formula is C34H53N7. The molecule has 1 unspecified atom stereocenters. The van der Waals surface area contributed by atoms with E-state index in [1.54, 1.807) is 0 Å². The summed E-state index contributed by atoms with van der Waals surface area (Å²) in [6.45, 7) is 17.5. The zero-order valence-corrected chi connectivity index (χ0v) is 26.5. The van der Waals surface area contributed by atoms with Crippen molar-refractivity contribution < 1.29 is 0 Å². The number of pyridine rings is 2. The number of nitrogens with one attached hydrogen (secondary N) is 4. The largest absolute Gasteiger partial charge is 0.366 e. The molecule has 1 saturated carbocycles. The number of hydrazine groups is 1. The quantitative estimate of drug-likeness (QED) is 0.220. The van der Waals surface area contributed by atoms with E-state index < -0.39 is 0 Å². The standard InChI is InChI=1S/C18H25N5.C12H16N2.2C2H6/c1-4-8-23(9-5-2)17-7-6-14(11-19-17)15-10-16-13(3)21-22-18(16)20-12-15;1-3-9(4-1)7-10-5-2-6-11-12(10)14-8-13-11;2*1-2/h6-7,10-13,21H,4-5,8-9H2,1-3H3,(H,20,22);2,5-6,9,13-14H,1,3-4,7-8H2;2*1-2H3. The monoisotopic (exact) mass is 559 g/mol. The van der Waals surface area contributed by atoms with Gasteiger partial charge in [-0.2, -0.15) is 0 Å². The molecule has 7 nitrogen and oxygen atoms in total. The number of hydrogen-bond acceptors (Lipinski definition) is 7. The minimum absolute atomic E-state index is 0.272. The molecule has 7 heteroatoms. The molecule has 6 rings (SSSR count). The van der Waals surface area contributed by atoms with Gasteiger partial charge < -0.3 is 21.0 Å². The van der Waals surface area contributed by atoms with E-state index in [4.69, 9.17) is 0 Å². The van der Waals surface area contributed by atoms with Gasteiger partial charge >= 0.3 is 0 Å². The van der Waals surface area contributed by atoms with Crippen LogP contribution in [0.15, 0.2) is 48.8 Å². The Hall–Kier alpha value is -3.32. The molecule has 1 atom stereocenters.